The predicted molar refractivity (Wildman–Crippen MR) is 79.7 cm³/mol. The molecule has 0 spiro atoms. The molecule has 0 radical (unpaired) electrons. The summed E-state index contributed by atoms with van der Waals surface area (Å²) < 4.78 is 0. The van der Waals surface area contributed by atoms with Crippen LogP contribution in [0.5, 0.6) is 0 Å². The van der Waals surface area contributed by atoms with Gasteiger partial charge >= 0.3 is 0 Å². The van der Waals surface area contributed by atoms with Crippen LogP contribution in [0.1, 0.15) is 74.1 Å². The summed E-state index contributed by atoms with van der Waals surface area (Å²) in [5.74, 6) is 0. The standard InChI is InChI=1S/C10H19NS.2C2H6/c1-4-5-6-7-10-8(2)12-9(3)11-10;2*1-2/h9,11H,4-7H2,1-3H3;2*1-2H3. The lowest BCUT2D eigenvalue weighted by atomic mass is 10.1. The van der Waals surface area contributed by atoms with E-state index in [9.17, 15) is 0 Å². The Morgan fingerprint density at radius 2 is 1.69 bits per heavy atom. The Hall–Kier alpha value is -0.110. The Balaban J connectivity index is 0. The Kier molecular flexibility index (Phi) is 14.8. The van der Waals surface area contributed by atoms with Crippen LogP contribution >= 0.6 is 11.8 Å². The molecule has 0 saturated heterocycles. The molecule has 1 heterocycles. The summed E-state index contributed by atoms with van der Waals surface area (Å²) in [5, 5.41) is 4.10. The molecule has 2 heteroatoms. The highest BCUT2D eigenvalue weighted by molar-refractivity contribution is 8.03. The normalized spacial score (nSPS) is 18.1. The van der Waals surface area contributed by atoms with Crippen LogP contribution < -0.4 is 5.32 Å². The minimum atomic E-state index is 0.599. The van der Waals surface area contributed by atoms with Crippen LogP contribution in [0, 0.1) is 0 Å². The summed E-state index contributed by atoms with van der Waals surface area (Å²) in [6.07, 6.45) is 5.26. The molecule has 1 rings (SSSR count). The first-order valence-corrected chi connectivity index (χ1v) is 7.75. The van der Waals surface area contributed by atoms with Gasteiger partial charge in [-0.05, 0) is 26.7 Å². The van der Waals surface area contributed by atoms with Crippen molar-refractivity contribution >= 4 is 11.8 Å². The number of nitrogens with one attached hydrogen (secondary N) is 1. The van der Waals surface area contributed by atoms with E-state index in [1.54, 1.807) is 0 Å². The van der Waals surface area contributed by atoms with E-state index in [0.29, 0.717) is 5.37 Å². The van der Waals surface area contributed by atoms with Crippen LogP contribution in [0.2, 0.25) is 0 Å². The van der Waals surface area contributed by atoms with Crippen molar-refractivity contribution in [2.45, 2.75) is 79.5 Å². The van der Waals surface area contributed by atoms with Gasteiger partial charge in [-0.25, -0.2) is 0 Å². The lowest BCUT2D eigenvalue weighted by Gasteiger charge is -2.06. The van der Waals surface area contributed by atoms with Crippen LogP contribution in [-0.2, 0) is 0 Å². The first-order valence-electron chi connectivity index (χ1n) is 6.87. The van der Waals surface area contributed by atoms with E-state index in [-0.39, 0.29) is 0 Å². The highest BCUT2D eigenvalue weighted by Gasteiger charge is 2.16. The second kappa shape index (κ2) is 13.0. The Morgan fingerprint density at radius 1 is 1.12 bits per heavy atom. The molecule has 1 aliphatic heterocycles. The fourth-order valence-corrected chi connectivity index (χ4v) is 2.55. The van der Waals surface area contributed by atoms with Gasteiger partial charge in [0, 0.05) is 10.6 Å². The molecule has 1 nitrogen and oxygen atoms in total. The van der Waals surface area contributed by atoms with Gasteiger partial charge in [0.05, 0.1) is 5.37 Å². The largest absolute Gasteiger partial charge is 0.376 e. The quantitative estimate of drug-likeness (QED) is 0.653. The Bertz CT molecular complexity index is 176. The van der Waals surface area contributed by atoms with Gasteiger partial charge in [-0.1, -0.05) is 47.5 Å². The van der Waals surface area contributed by atoms with Gasteiger partial charge in [0.15, 0.2) is 0 Å². The number of hydrogen-bond donors (Lipinski definition) is 1. The smallest absolute Gasteiger partial charge is 0.0735 e. The van der Waals surface area contributed by atoms with Crippen LogP contribution in [0.4, 0.5) is 0 Å². The molecule has 1 aliphatic rings. The van der Waals surface area contributed by atoms with Gasteiger partial charge < -0.3 is 5.32 Å². The topological polar surface area (TPSA) is 12.0 Å². The summed E-state index contributed by atoms with van der Waals surface area (Å²) in [5.41, 5.74) is 1.49. The van der Waals surface area contributed by atoms with E-state index in [0.717, 1.165) is 0 Å². The molecular formula is C14H31NS. The van der Waals surface area contributed by atoms with Crippen molar-refractivity contribution in [2.24, 2.45) is 0 Å². The van der Waals surface area contributed by atoms with Gasteiger partial charge in [-0.3, -0.25) is 0 Å². The predicted octanol–water partition coefficient (Wildman–Crippen LogP) is 5.53. The van der Waals surface area contributed by atoms with E-state index in [2.05, 4.69) is 26.1 Å². The van der Waals surface area contributed by atoms with Crippen molar-refractivity contribution in [2.75, 3.05) is 0 Å². The Labute approximate surface area is 107 Å². The number of allylic oxidation sites excluding steroid dienone is 2. The van der Waals surface area contributed by atoms with E-state index >= 15 is 0 Å². The molecule has 0 fully saturated rings. The van der Waals surface area contributed by atoms with E-state index in [1.807, 2.05) is 39.5 Å². The summed E-state index contributed by atoms with van der Waals surface area (Å²) in [6.45, 7) is 14.7. The van der Waals surface area contributed by atoms with E-state index in [4.69, 9.17) is 0 Å². The summed E-state index contributed by atoms with van der Waals surface area (Å²) >= 11 is 1.96. The third-order valence-corrected chi connectivity index (χ3v) is 3.26. The second-order valence-corrected chi connectivity index (χ2v) is 4.95. The average molecular weight is 245 g/mol. The first kappa shape index (κ1) is 18.3. The zero-order valence-electron chi connectivity index (χ0n) is 12.3. The first-order chi connectivity index (χ1) is 7.74. The summed E-state index contributed by atoms with van der Waals surface area (Å²) in [6, 6.07) is 0. The van der Waals surface area contributed by atoms with E-state index < -0.39 is 0 Å². The molecular weight excluding hydrogens is 214 g/mol. The van der Waals surface area contributed by atoms with Crippen LogP contribution in [0.15, 0.2) is 10.6 Å². The zero-order valence-corrected chi connectivity index (χ0v) is 13.1. The summed E-state index contributed by atoms with van der Waals surface area (Å²) in [7, 11) is 0. The number of thioether (sulfide) groups is 1. The molecule has 0 bridgehead atoms. The average Bonchev–Trinajstić information content (AvgIpc) is 2.64. The van der Waals surface area contributed by atoms with Crippen LogP contribution in [0.25, 0.3) is 0 Å². The highest BCUT2D eigenvalue weighted by Crippen LogP contribution is 2.31. The maximum absolute atomic E-state index is 3.51. The van der Waals surface area contributed by atoms with Crippen molar-refractivity contribution in [3.63, 3.8) is 0 Å². The molecule has 0 saturated carbocycles. The lowest BCUT2D eigenvalue weighted by Crippen LogP contribution is -2.16. The zero-order chi connectivity index (χ0) is 13.0. The monoisotopic (exact) mass is 245 g/mol. The molecule has 98 valence electrons. The van der Waals surface area contributed by atoms with Crippen LogP contribution in [0.3, 0.4) is 0 Å². The van der Waals surface area contributed by atoms with Crippen molar-refractivity contribution in [1.82, 2.24) is 5.32 Å². The van der Waals surface area contributed by atoms with Crippen LogP contribution in [-0.4, -0.2) is 5.37 Å². The van der Waals surface area contributed by atoms with Crippen molar-refractivity contribution in [3.8, 4) is 0 Å². The minimum absolute atomic E-state index is 0.599. The molecule has 0 amide bonds. The maximum atomic E-state index is 3.51. The molecule has 1 atom stereocenters. The maximum Gasteiger partial charge on any atom is 0.0735 e. The third kappa shape index (κ3) is 8.09. The summed E-state index contributed by atoms with van der Waals surface area (Å²) in [4.78, 5) is 1.50. The molecule has 16 heavy (non-hydrogen) atoms. The number of hydrogen-bond acceptors (Lipinski definition) is 2. The highest BCUT2D eigenvalue weighted by atomic mass is 32.2. The van der Waals surface area contributed by atoms with Gasteiger partial charge in [0.1, 0.15) is 0 Å². The third-order valence-electron chi connectivity index (χ3n) is 2.19. The molecule has 0 aliphatic carbocycles. The molecule has 0 aromatic rings. The molecule has 0 aromatic heterocycles. The number of unbranched alkanes of at least 4 members (excludes halogenated alkanes) is 2. The van der Waals surface area contributed by atoms with Gasteiger partial charge in [-0.15, -0.1) is 11.8 Å². The van der Waals surface area contributed by atoms with Gasteiger partial charge in [-0.2, -0.15) is 0 Å². The SMILES string of the molecule is CC.CC.CCCCCC1=C(C)SC(C)N1. The van der Waals surface area contributed by atoms with Crippen molar-refractivity contribution < 1.29 is 0 Å². The fourth-order valence-electron chi connectivity index (χ4n) is 1.51. The fraction of sp³-hybridized carbons (Fsp3) is 0.857. The van der Waals surface area contributed by atoms with E-state index in [1.165, 1.54) is 36.3 Å². The van der Waals surface area contributed by atoms with Gasteiger partial charge in [0.25, 0.3) is 0 Å². The number of rotatable bonds is 4. The molecule has 0 aromatic carbocycles. The van der Waals surface area contributed by atoms with Crippen molar-refractivity contribution in [1.29, 1.82) is 0 Å². The molecule has 1 N–H and O–H groups in total. The Morgan fingerprint density at radius 3 is 2.06 bits per heavy atom. The lowest BCUT2D eigenvalue weighted by molar-refractivity contribution is 0.669. The molecule has 1 unspecified atom stereocenters. The second-order valence-electron chi connectivity index (χ2n) is 3.40. The van der Waals surface area contributed by atoms with Crippen molar-refractivity contribution in [3.05, 3.63) is 10.6 Å². The minimum Gasteiger partial charge on any atom is -0.376 e. The van der Waals surface area contributed by atoms with Gasteiger partial charge in [0.2, 0.25) is 0 Å².